The lowest BCUT2D eigenvalue weighted by Gasteiger charge is -2.12. The molecule has 0 amide bonds. The van der Waals surface area contributed by atoms with Crippen LogP contribution in [-0.2, 0) is 4.74 Å². The summed E-state index contributed by atoms with van der Waals surface area (Å²) in [4.78, 5) is 0. The van der Waals surface area contributed by atoms with Gasteiger partial charge in [0.05, 0.1) is 0 Å². The average molecular weight is 195 g/mol. The summed E-state index contributed by atoms with van der Waals surface area (Å²) in [5.41, 5.74) is 1.40. The van der Waals surface area contributed by atoms with E-state index in [1.54, 1.807) is 20.1 Å². The molecule has 0 heterocycles. The second kappa shape index (κ2) is 5.11. The number of aryl methyl sites for hydroxylation is 1. The average Bonchev–Trinajstić information content (AvgIpc) is 2.18. The molecule has 0 saturated carbocycles. The molecule has 0 atom stereocenters. The van der Waals surface area contributed by atoms with Crippen molar-refractivity contribution in [3.8, 4) is 0 Å². The normalized spacial score (nSPS) is 10.9. The van der Waals surface area contributed by atoms with Crippen molar-refractivity contribution < 1.29 is 9.13 Å². The molecule has 1 nitrogen and oxygen atoms in total. The largest absolute Gasteiger partial charge is 0.385 e. The fraction of sp³-hybridized carbons (Fsp3) is 0.417. The summed E-state index contributed by atoms with van der Waals surface area (Å²) >= 11 is 0. The monoisotopic (exact) mass is 195 g/mol. The number of halogens is 1. The summed E-state index contributed by atoms with van der Waals surface area (Å²) in [7, 11) is 1.65. The van der Waals surface area contributed by atoms with Crippen LogP contribution >= 0.6 is 0 Å². The van der Waals surface area contributed by atoms with Crippen LogP contribution in [0.15, 0.2) is 18.2 Å². The van der Waals surface area contributed by atoms with Crippen molar-refractivity contribution in [2.24, 2.45) is 0 Å². The van der Waals surface area contributed by atoms with Crippen LogP contribution in [0.1, 0.15) is 24.5 Å². The van der Waals surface area contributed by atoms with Gasteiger partial charge in [0.1, 0.15) is 5.82 Å². The quantitative estimate of drug-likeness (QED) is 0.717. The van der Waals surface area contributed by atoms with E-state index in [4.69, 9.17) is 4.74 Å². The molecule has 0 unspecified atom stereocenters. The molecule has 1 aromatic carbocycles. The lowest BCUT2D eigenvalue weighted by molar-refractivity contribution is 0.198. The maximum absolute atomic E-state index is 13.6. The van der Waals surface area contributed by atoms with Crippen LogP contribution in [0.25, 0.3) is 0 Å². The van der Waals surface area contributed by atoms with E-state index in [2.05, 4.69) is 0 Å². The first-order valence-corrected chi connectivity index (χ1v) is 4.73. The van der Waals surface area contributed by atoms with Gasteiger partial charge in [-0.05, 0) is 24.5 Å². The Labute approximate surface area is 84.9 Å². The minimum absolute atomic E-state index is 0.110. The molecule has 0 bridgehead atoms. The van der Waals surface area contributed by atoms with Crippen molar-refractivity contribution in [1.82, 2.24) is 0 Å². The second-order valence-corrected chi connectivity index (χ2v) is 3.46. The van der Waals surface area contributed by atoms with E-state index in [1.807, 2.05) is 19.1 Å². The van der Waals surface area contributed by atoms with Gasteiger partial charge in [-0.2, -0.15) is 0 Å². The van der Waals surface area contributed by atoms with Crippen LogP contribution in [0, 0.1) is 18.7 Å². The molecule has 1 aromatic rings. The number of methoxy groups -OCH3 is 1. The van der Waals surface area contributed by atoms with Gasteiger partial charge in [-0.25, -0.2) is 4.39 Å². The molecule has 0 aliphatic carbocycles. The van der Waals surface area contributed by atoms with Crippen LogP contribution in [0.4, 0.5) is 4.39 Å². The van der Waals surface area contributed by atoms with Gasteiger partial charge in [0.15, 0.2) is 0 Å². The van der Waals surface area contributed by atoms with Crippen molar-refractivity contribution in [1.29, 1.82) is 0 Å². The fourth-order valence-corrected chi connectivity index (χ4v) is 1.37. The Bertz CT molecular complexity index is 296. The highest BCUT2D eigenvalue weighted by Gasteiger charge is 2.12. The molecular formula is C12H16FO. The summed E-state index contributed by atoms with van der Waals surface area (Å²) in [6.07, 6.45) is 0.775. The fourth-order valence-electron chi connectivity index (χ4n) is 1.37. The molecule has 0 fully saturated rings. The molecule has 2 heteroatoms. The van der Waals surface area contributed by atoms with Crippen LogP contribution in [0.3, 0.4) is 0 Å². The van der Waals surface area contributed by atoms with E-state index >= 15 is 0 Å². The molecule has 0 saturated heterocycles. The minimum Gasteiger partial charge on any atom is -0.385 e. The number of hydrogen-bond donors (Lipinski definition) is 0. The Morgan fingerprint density at radius 2 is 2.14 bits per heavy atom. The van der Waals surface area contributed by atoms with Crippen LogP contribution < -0.4 is 0 Å². The minimum atomic E-state index is -0.110. The maximum Gasteiger partial charge on any atom is 0.129 e. The van der Waals surface area contributed by atoms with E-state index < -0.39 is 0 Å². The van der Waals surface area contributed by atoms with Crippen LogP contribution in [-0.4, -0.2) is 13.7 Å². The van der Waals surface area contributed by atoms with Crippen LogP contribution in [0.2, 0.25) is 0 Å². The van der Waals surface area contributed by atoms with Gasteiger partial charge in [0, 0.05) is 19.6 Å². The van der Waals surface area contributed by atoms with Gasteiger partial charge in [0.25, 0.3) is 0 Å². The van der Waals surface area contributed by atoms with Crippen molar-refractivity contribution in [3.63, 3.8) is 0 Å². The molecular weight excluding hydrogens is 179 g/mol. The first-order valence-electron chi connectivity index (χ1n) is 4.73. The highest BCUT2D eigenvalue weighted by atomic mass is 19.1. The predicted molar refractivity (Wildman–Crippen MR) is 55.6 cm³/mol. The highest BCUT2D eigenvalue weighted by Crippen LogP contribution is 2.22. The van der Waals surface area contributed by atoms with Crippen molar-refractivity contribution in [2.45, 2.75) is 20.3 Å². The Morgan fingerprint density at radius 3 is 2.79 bits per heavy atom. The zero-order valence-electron chi connectivity index (χ0n) is 8.93. The topological polar surface area (TPSA) is 9.23 Å². The summed E-state index contributed by atoms with van der Waals surface area (Å²) in [6, 6.07) is 5.47. The first kappa shape index (κ1) is 11.2. The molecule has 0 aromatic heterocycles. The molecule has 1 radical (unpaired) electrons. The van der Waals surface area contributed by atoms with E-state index in [-0.39, 0.29) is 5.82 Å². The third-order valence-corrected chi connectivity index (χ3v) is 2.33. The molecule has 0 aliphatic heterocycles. The zero-order chi connectivity index (χ0) is 10.6. The lowest BCUT2D eigenvalue weighted by atomic mass is 9.96. The van der Waals surface area contributed by atoms with Gasteiger partial charge in [0.2, 0.25) is 0 Å². The summed E-state index contributed by atoms with van der Waals surface area (Å²) in [6.45, 7) is 4.36. The Balaban J connectivity index is 2.79. The molecule has 0 N–H and O–H groups in total. The van der Waals surface area contributed by atoms with Gasteiger partial charge in [-0.3, -0.25) is 0 Å². The van der Waals surface area contributed by atoms with E-state index in [9.17, 15) is 4.39 Å². The molecule has 0 aliphatic rings. The molecule has 1 rings (SSSR count). The highest BCUT2D eigenvalue weighted by molar-refractivity contribution is 5.34. The standard InChI is InChI=1S/C12H16FO/c1-9(7-8-14-3)11-6-4-5-10(2)12(11)13/h4-6H,7-8H2,1-3H3. The van der Waals surface area contributed by atoms with Crippen molar-refractivity contribution in [3.05, 3.63) is 41.1 Å². The predicted octanol–water partition coefficient (Wildman–Crippen LogP) is 3.11. The maximum atomic E-state index is 13.6. The number of rotatable bonds is 4. The third-order valence-electron chi connectivity index (χ3n) is 2.33. The van der Waals surface area contributed by atoms with Crippen LogP contribution in [0.5, 0.6) is 0 Å². The molecule has 14 heavy (non-hydrogen) atoms. The van der Waals surface area contributed by atoms with Gasteiger partial charge in [-0.15, -0.1) is 0 Å². The summed E-state index contributed by atoms with van der Waals surface area (Å²) in [5, 5.41) is 0. The SMILES string of the molecule is COCC[C](C)c1cccc(C)c1F. The summed E-state index contributed by atoms with van der Waals surface area (Å²) in [5.74, 6) is 0.925. The smallest absolute Gasteiger partial charge is 0.129 e. The Hall–Kier alpha value is -0.890. The van der Waals surface area contributed by atoms with Gasteiger partial charge >= 0.3 is 0 Å². The Morgan fingerprint density at radius 1 is 1.43 bits per heavy atom. The van der Waals surface area contributed by atoms with E-state index in [1.165, 1.54) is 0 Å². The van der Waals surface area contributed by atoms with Gasteiger partial charge < -0.3 is 4.74 Å². The zero-order valence-corrected chi connectivity index (χ0v) is 8.93. The number of ether oxygens (including phenoxy) is 1. The second-order valence-electron chi connectivity index (χ2n) is 3.46. The molecule has 0 spiro atoms. The van der Waals surface area contributed by atoms with E-state index in [0.29, 0.717) is 17.7 Å². The third kappa shape index (κ3) is 2.55. The Kier molecular flexibility index (Phi) is 4.08. The van der Waals surface area contributed by atoms with Crippen molar-refractivity contribution >= 4 is 0 Å². The van der Waals surface area contributed by atoms with Gasteiger partial charge in [-0.1, -0.05) is 25.1 Å². The van der Waals surface area contributed by atoms with E-state index in [0.717, 1.165) is 12.3 Å². The molecule has 77 valence electrons. The number of benzene rings is 1. The lowest BCUT2D eigenvalue weighted by Crippen LogP contribution is -2.03. The first-order chi connectivity index (χ1) is 6.66. The summed E-state index contributed by atoms with van der Waals surface area (Å²) < 4.78 is 18.6. The number of hydrogen-bond acceptors (Lipinski definition) is 1. The van der Waals surface area contributed by atoms with Crippen molar-refractivity contribution in [2.75, 3.05) is 13.7 Å².